The third-order valence-corrected chi connectivity index (χ3v) is 24.2. The Morgan fingerprint density at radius 1 is 0.948 bits per heavy atom. The van der Waals surface area contributed by atoms with Gasteiger partial charge in [-0.05, 0) is 182 Å². The van der Waals surface area contributed by atoms with Crippen molar-refractivity contribution in [3.05, 3.63) is 36.1 Å². The maximum absolute atomic E-state index is 13.8. The maximum Gasteiger partial charge on any atom is 0.306 e. The first kappa shape index (κ1) is 58.0. The van der Waals surface area contributed by atoms with Crippen LogP contribution in [-0.2, 0) is 20.7 Å². The third kappa shape index (κ3) is 10.6. The van der Waals surface area contributed by atoms with E-state index in [9.17, 15) is 45.6 Å². The lowest BCUT2D eigenvalue weighted by Gasteiger charge is -2.67. The molecule has 2 saturated heterocycles. The minimum Gasteiger partial charge on any atom is -0.485 e. The Balaban J connectivity index is 1.14. The molecule has 18 atom stereocenters. The van der Waals surface area contributed by atoms with Crippen molar-refractivity contribution in [1.29, 1.82) is 0 Å². The number of furan rings is 1. The molecule has 432 valence electrons. The molecular weight excluding hydrogens is 1020 g/mol. The van der Waals surface area contributed by atoms with Crippen LogP contribution in [0.15, 0.2) is 35.0 Å². The molecule has 0 radical (unpaired) electrons. The normalized spacial score (nSPS) is 43.3. The molecule has 3 aliphatic heterocycles. The second-order valence-electron chi connectivity index (χ2n) is 25.2. The Kier molecular flexibility index (Phi) is 17.8. The van der Waals surface area contributed by atoms with Gasteiger partial charge in [0.25, 0.3) is 0 Å². The van der Waals surface area contributed by atoms with Crippen molar-refractivity contribution >= 4 is 38.5 Å². The molecule has 10 rings (SSSR count). The van der Waals surface area contributed by atoms with Gasteiger partial charge in [-0.25, -0.2) is 0 Å². The summed E-state index contributed by atoms with van der Waals surface area (Å²) in [6.45, 7) is 5.35. The summed E-state index contributed by atoms with van der Waals surface area (Å²) >= 11 is 0. The average molecular weight is 1120 g/mol. The predicted molar refractivity (Wildman–Crippen MR) is 295 cm³/mol. The molecule has 8 aliphatic rings. The highest BCUT2D eigenvalue weighted by Crippen LogP contribution is 2.69. The number of aliphatic hydroxyl groups is 8. The average Bonchev–Trinajstić information content (AvgIpc) is 4.32. The molecule has 77 heavy (non-hydrogen) atoms. The van der Waals surface area contributed by atoms with E-state index in [0.717, 1.165) is 96.4 Å². The van der Waals surface area contributed by atoms with E-state index in [-0.39, 0.29) is 86.0 Å². The molecule has 5 aliphatic carbocycles. The molecule has 16 nitrogen and oxygen atoms in total. The highest BCUT2D eigenvalue weighted by atomic mass is 33.1. The number of hydrogen-bond donors (Lipinski definition) is 10. The molecule has 1 aromatic carbocycles. The topological polar surface area (TPSA) is 253 Å². The first-order chi connectivity index (χ1) is 37.0. The predicted octanol–water partition coefficient (Wildman–Crippen LogP) is 6.33. The summed E-state index contributed by atoms with van der Waals surface area (Å²) in [6, 6.07) is 3.60. The standard InChI is InChI=1S/C59H90N2O14S2/c1-4-71-47(66)15-12-39-29-40-19-27-72-49(40)51-50(39)74-53-59(70)48-41(11-13-43(64)42(48)34-63)32-57(69,52(59)67)58(75-53)35-76-77-56(45(61-25-28-73-51)14-10-36(2)7-5-9-46(58)65)24-23-54(20-16-38(30-54)33-60-3)44(56)18-22-55(68)21-17-37(31-55)8-6-26-62/h11,13,19,27,29,36-38,41-46,48,52-53,60-65,67-70H,4-10,12,14-18,20-26,28,30-35H2,1-3H3. The van der Waals surface area contributed by atoms with Gasteiger partial charge >= 0.3 is 5.97 Å². The van der Waals surface area contributed by atoms with Crippen molar-refractivity contribution in [2.45, 2.75) is 200 Å². The van der Waals surface area contributed by atoms with Crippen LogP contribution in [0.25, 0.3) is 11.0 Å². The number of esters is 1. The van der Waals surface area contributed by atoms with E-state index < -0.39 is 82.1 Å². The van der Waals surface area contributed by atoms with Crippen LogP contribution < -0.4 is 20.1 Å². The van der Waals surface area contributed by atoms with Crippen LogP contribution in [0.2, 0.25) is 0 Å². The van der Waals surface area contributed by atoms with Crippen LogP contribution in [0.5, 0.6) is 11.5 Å². The highest BCUT2D eigenvalue weighted by molar-refractivity contribution is 8.77. The molecule has 5 bridgehead atoms. The number of rotatable bonds is 13. The number of aliphatic hydroxyl groups excluding tert-OH is 5. The van der Waals surface area contributed by atoms with E-state index >= 15 is 0 Å². The second-order valence-corrected chi connectivity index (χ2v) is 27.9. The molecule has 3 spiro atoms. The zero-order valence-electron chi connectivity index (χ0n) is 45.8. The van der Waals surface area contributed by atoms with Gasteiger partial charge in [0, 0.05) is 59.9 Å². The number of hydrogen-bond acceptors (Lipinski definition) is 18. The summed E-state index contributed by atoms with van der Waals surface area (Å²) in [5, 5.41) is 107. The van der Waals surface area contributed by atoms with Crippen molar-refractivity contribution in [2.24, 2.45) is 46.8 Å². The van der Waals surface area contributed by atoms with Crippen LogP contribution in [0.1, 0.15) is 141 Å². The summed E-state index contributed by atoms with van der Waals surface area (Å²) in [4.78, 5) is 13.1. The van der Waals surface area contributed by atoms with Crippen molar-refractivity contribution in [1.82, 2.24) is 10.6 Å². The Morgan fingerprint density at radius 3 is 2.57 bits per heavy atom. The van der Waals surface area contributed by atoms with Gasteiger partial charge in [-0.15, -0.1) is 0 Å². The Bertz CT molecular complexity index is 2380. The van der Waals surface area contributed by atoms with Crippen molar-refractivity contribution < 1.29 is 69.0 Å². The highest BCUT2D eigenvalue weighted by Gasteiger charge is 2.78. The minimum absolute atomic E-state index is 0.00487. The Hall–Kier alpha value is -2.17. The van der Waals surface area contributed by atoms with Gasteiger partial charge < -0.3 is 74.9 Å². The molecule has 18 unspecified atom stereocenters. The third-order valence-electron chi connectivity index (χ3n) is 20.8. The van der Waals surface area contributed by atoms with Crippen LogP contribution in [-0.4, -0.2) is 157 Å². The van der Waals surface area contributed by atoms with Gasteiger partial charge in [-0.3, -0.25) is 4.79 Å². The Labute approximate surface area is 462 Å². The monoisotopic (exact) mass is 1110 g/mol. The number of carbonyl (C=O) groups excluding carboxylic acids is 1. The fraction of sp³-hybridized carbons (Fsp3) is 0.814. The SMILES string of the molecule is CCOC(=O)CCc1cc2ccoc2c2c1OC1OC3(CSSC4(CCC5(CCC(CNC)C5)C4CCC4(O)CCC(CCCO)C4)C(CCC(C)CCCC3O)NCCO2)C2(O)CC3C=CC(O)C(CO)C3C1(O)C2O. The number of benzene rings is 1. The largest absolute Gasteiger partial charge is 0.485 e. The lowest BCUT2D eigenvalue weighted by atomic mass is 9.50. The Morgan fingerprint density at radius 2 is 1.78 bits per heavy atom. The molecule has 18 heteroatoms. The first-order valence-corrected chi connectivity index (χ1v) is 31.8. The zero-order chi connectivity index (χ0) is 54.4. The molecule has 4 saturated carbocycles. The summed E-state index contributed by atoms with van der Waals surface area (Å²) < 4.78 is 32.6. The van der Waals surface area contributed by atoms with Crippen molar-refractivity contribution in [3.63, 3.8) is 0 Å². The zero-order valence-corrected chi connectivity index (χ0v) is 47.4. The fourth-order valence-corrected chi connectivity index (χ4v) is 21.2. The lowest BCUT2D eigenvalue weighted by molar-refractivity contribution is -0.424. The van der Waals surface area contributed by atoms with E-state index in [1.807, 2.05) is 23.9 Å². The van der Waals surface area contributed by atoms with Crippen molar-refractivity contribution in [2.75, 3.05) is 52.3 Å². The van der Waals surface area contributed by atoms with Gasteiger partial charge in [0.1, 0.15) is 23.9 Å². The molecule has 6 fully saturated rings. The molecular formula is C59H90N2O14S2. The van der Waals surface area contributed by atoms with Crippen LogP contribution in [0.4, 0.5) is 0 Å². The maximum atomic E-state index is 13.8. The van der Waals surface area contributed by atoms with E-state index in [1.54, 1.807) is 42.2 Å². The number of ether oxygens (including phenoxy) is 4. The molecule has 10 N–H and O–H groups in total. The van der Waals surface area contributed by atoms with Gasteiger partial charge in [0.2, 0.25) is 12.0 Å². The number of allylic oxidation sites excluding steroid dienone is 1. The molecule has 1 aromatic heterocycles. The fourth-order valence-electron chi connectivity index (χ4n) is 17.0. The number of aryl methyl sites for hydroxylation is 1. The minimum atomic E-state index is -2.50. The van der Waals surface area contributed by atoms with E-state index in [0.29, 0.717) is 47.8 Å². The smallest absolute Gasteiger partial charge is 0.306 e. The second kappa shape index (κ2) is 23.6. The lowest BCUT2D eigenvalue weighted by Crippen LogP contribution is -2.86. The van der Waals surface area contributed by atoms with E-state index in [4.69, 9.17) is 23.4 Å². The number of carbonyl (C=O) groups is 1. The summed E-state index contributed by atoms with van der Waals surface area (Å²) in [6.07, 6.45) is 12.6. The van der Waals surface area contributed by atoms with E-state index in [2.05, 4.69) is 17.6 Å². The molecule has 4 heterocycles. The summed E-state index contributed by atoms with van der Waals surface area (Å²) in [5.41, 5.74) is -6.70. The molecule has 2 aromatic rings. The number of fused-ring (bicyclic) bond motifs is 11. The van der Waals surface area contributed by atoms with Crippen LogP contribution in [0.3, 0.4) is 0 Å². The van der Waals surface area contributed by atoms with Crippen molar-refractivity contribution in [3.8, 4) is 11.5 Å². The van der Waals surface area contributed by atoms with Gasteiger partial charge in [0.05, 0.1) is 30.7 Å². The first-order valence-electron chi connectivity index (χ1n) is 29.5. The van der Waals surface area contributed by atoms with Gasteiger partial charge in [-0.1, -0.05) is 53.5 Å². The van der Waals surface area contributed by atoms with Gasteiger partial charge in [0.15, 0.2) is 16.9 Å². The summed E-state index contributed by atoms with van der Waals surface area (Å²) in [5.74, 6) is -1.61. The molecule has 0 amide bonds. The van der Waals surface area contributed by atoms with Crippen LogP contribution >= 0.6 is 21.6 Å². The summed E-state index contributed by atoms with van der Waals surface area (Å²) in [7, 11) is 5.40. The van der Waals surface area contributed by atoms with Crippen LogP contribution in [0, 0.1) is 46.8 Å². The van der Waals surface area contributed by atoms with Gasteiger partial charge in [-0.2, -0.15) is 0 Å². The van der Waals surface area contributed by atoms with E-state index in [1.165, 1.54) is 0 Å². The number of nitrogens with one attached hydrogen (secondary N) is 2. The quantitative estimate of drug-likeness (QED) is 0.0597.